The molecule has 2 aromatic heterocycles. The number of hydrogen-bond donors (Lipinski definition) is 0. The van der Waals surface area contributed by atoms with E-state index < -0.39 is 11.7 Å². The zero-order chi connectivity index (χ0) is 18.7. The molecule has 0 fully saturated rings. The van der Waals surface area contributed by atoms with Gasteiger partial charge in [-0.3, -0.25) is 4.98 Å². The lowest BCUT2D eigenvalue weighted by molar-refractivity contribution is -0.137. The van der Waals surface area contributed by atoms with E-state index in [4.69, 9.17) is 21.0 Å². The third kappa shape index (κ3) is 3.70. The van der Waals surface area contributed by atoms with E-state index in [-0.39, 0.29) is 22.2 Å². The molecular weight excluding hydrogens is 371 g/mol. The fourth-order valence-corrected chi connectivity index (χ4v) is 2.47. The number of aromatic nitrogens is 2. The molecule has 0 saturated heterocycles. The molecule has 0 bridgehead atoms. The van der Waals surface area contributed by atoms with Crippen LogP contribution in [0, 0.1) is 0 Å². The van der Waals surface area contributed by atoms with Crippen molar-refractivity contribution in [2.75, 3.05) is 7.11 Å². The predicted octanol–water partition coefficient (Wildman–Crippen LogP) is 4.81. The lowest BCUT2D eigenvalue weighted by Crippen LogP contribution is -2.05. The first-order valence-electron chi connectivity index (χ1n) is 7.27. The molecule has 0 amide bonds. The highest BCUT2D eigenvalue weighted by Crippen LogP contribution is 2.34. The average molecular weight is 382 g/mol. The summed E-state index contributed by atoms with van der Waals surface area (Å²) in [5.74, 6) is 0.255. The van der Waals surface area contributed by atoms with Crippen LogP contribution in [-0.2, 0) is 11.0 Å². The Hall–Kier alpha value is -2.87. The highest BCUT2D eigenvalue weighted by molar-refractivity contribution is 6.33. The van der Waals surface area contributed by atoms with E-state index >= 15 is 0 Å². The van der Waals surface area contributed by atoms with Crippen molar-refractivity contribution in [1.29, 1.82) is 0 Å². The van der Waals surface area contributed by atoms with Crippen molar-refractivity contribution in [1.82, 2.24) is 10.1 Å². The van der Waals surface area contributed by atoms with Gasteiger partial charge in [0.1, 0.15) is 18.5 Å². The molecule has 0 N–H and O–H groups in total. The van der Waals surface area contributed by atoms with Crippen LogP contribution in [0.25, 0.3) is 11.4 Å². The molecule has 0 spiro atoms. The Bertz CT molecular complexity index is 940. The van der Waals surface area contributed by atoms with E-state index in [1.165, 1.54) is 13.2 Å². The third-order valence-corrected chi connectivity index (χ3v) is 3.67. The molecular formula is C17H11ClF3N3O2. The van der Waals surface area contributed by atoms with Gasteiger partial charge in [-0.25, -0.2) is 0 Å². The van der Waals surface area contributed by atoms with Crippen LogP contribution in [0.5, 0.6) is 0 Å². The van der Waals surface area contributed by atoms with Crippen LogP contribution in [0.1, 0.15) is 16.9 Å². The van der Waals surface area contributed by atoms with Crippen molar-refractivity contribution >= 4 is 17.3 Å². The second kappa shape index (κ2) is 7.17. The maximum atomic E-state index is 12.7. The molecule has 26 heavy (non-hydrogen) atoms. The van der Waals surface area contributed by atoms with Crippen LogP contribution in [0.15, 0.2) is 58.3 Å². The Morgan fingerprint density at radius 2 is 1.92 bits per heavy atom. The molecule has 9 heteroatoms. The van der Waals surface area contributed by atoms with Gasteiger partial charge in [0.05, 0.1) is 10.6 Å². The van der Waals surface area contributed by atoms with Gasteiger partial charge in [0.2, 0.25) is 0 Å². The van der Waals surface area contributed by atoms with E-state index in [0.717, 1.165) is 6.07 Å². The summed E-state index contributed by atoms with van der Waals surface area (Å²) in [5, 5.41) is 7.56. The maximum absolute atomic E-state index is 12.7. The van der Waals surface area contributed by atoms with Crippen molar-refractivity contribution in [3.8, 4) is 11.4 Å². The highest BCUT2D eigenvalue weighted by Gasteiger charge is 2.32. The molecule has 0 radical (unpaired) electrons. The van der Waals surface area contributed by atoms with Gasteiger partial charge in [-0.05, 0) is 6.07 Å². The number of pyridine rings is 1. The van der Waals surface area contributed by atoms with Crippen LogP contribution < -0.4 is 0 Å². The molecule has 0 aliphatic heterocycles. The second-order valence-electron chi connectivity index (χ2n) is 5.12. The van der Waals surface area contributed by atoms with Gasteiger partial charge < -0.3 is 9.36 Å². The number of benzene rings is 1. The van der Waals surface area contributed by atoms with Gasteiger partial charge in [0.15, 0.2) is 11.5 Å². The smallest absolute Gasteiger partial charge is 0.399 e. The maximum Gasteiger partial charge on any atom is 0.417 e. The first kappa shape index (κ1) is 17.9. The monoisotopic (exact) mass is 381 g/mol. The Balaban J connectivity index is 1.98. The quantitative estimate of drug-likeness (QED) is 0.480. The van der Waals surface area contributed by atoms with Gasteiger partial charge in [-0.2, -0.15) is 13.2 Å². The topological polar surface area (TPSA) is 60.5 Å². The van der Waals surface area contributed by atoms with Crippen LogP contribution in [0.4, 0.5) is 13.2 Å². The number of oxime groups is 1. The summed E-state index contributed by atoms with van der Waals surface area (Å²) in [6, 6.07) is 11.3. The summed E-state index contributed by atoms with van der Waals surface area (Å²) in [6.07, 6.45) is -3.84. The van der Waals surface area contributed by atoms with Crippen LogP contribution in [0.3, 0.4) is 0 Å². The first-order valence-corrected chi connectivity index (χ1v) is 7.64. The van der Waals surface area contributed by atoms with Crippen molar-refractivity contribution in [2.45, 2.75) is 6.18 Å². The lowest BCUT2D eigenvalue weighted by atomic mass is 10.1. The molecule has 0 aliphatic carbocycles. The summed E-state index contributed by atoms with van der Waals surface area (Å²) in [4.78, 5) is 8.60. The Morgan fingerprint density at radius 3 is 2.54 bits per heavy atom. The third-order valence-electron chi connectivity index (χ3n) is 3.38. The number of rotatable bonds is 4. The van der Waals surface area contributed by atoms with E-state index in [1.54, 1.807) is 12.1 Å². The van der Waals surface area contributed by atoms with Crippen molar-refractivity contribution < 1.29 is 22.5 Å². The van der Waals surface area contributed by atoms with Gasteiger partial charge in [-0.15, -0.1) is 0 Å². The normalized spacial score (nSPS) is 12.3. The number of halogens is 4. The largest absolute Gasteiger partial charge is 0.417 e. The minimum atomic E-state index is -4.53. The van der Waals surface area contributed by atoms with Crippen molar-refractivity contribution in [3.05, 3.63) is 70.6 Å². The molecule has 2 heterocycles. The first-order chi connectivity index (χ1) is 12.4. The van der Waals surface area contributed by atoms with Crippen LogP contribution in [-0.4, -0.2) is 23.0 Å². The van der Waals surface area contributed by atoms with E-state index in [1.807, 2.05) is 18.2 Å². The molecule has 1 aromatic carbocycles. The summed E-state index contributed by atoms with van der Waals surface area (Å²) in [7, 11) is 1.38. The summed E-state index contributed by atoms with van der Waals surface area (Å²) < 4.78 is 43.4. The van der Waals surface area contributed by atoms with Crippen molar-refractivity contribution in [3.63, 3.8) is 0 Å². The fraction of sp³-hybridized carbons (Fsp3) is 0.118. The Morgan fingerprint density at radius 1 is 1.19 bits per heavy atom. The van der Waals surface area contributed by atoms with Gasteiger partial charge in [0.25, 0.3) is 0 Å². The zero-order valence-corrected chi connectivity index (χ0v) is 14.0. The average Bonchev–Trinajstić information content (AvgIpc) is 3.09. The molecule has 0 unspecified atom stereocenters. The molecule has 3 rings (SSSR count). The van der Waals surface area contributed by atoms with Crippen LogP contribution in [0.2, 0.25) is 5.02 Å². The summed E-state index contributed by atoms with van der Waals surface area (Å²) >= 11 is 5.94. The van der Waals surface area contributed by atoms with Gasteiger partial charge in [0, 0.05) is 17.8 Å². The van der Waals surface area contributed by atoms with E-state index in [0.29, 0.717) is 17.5 Å². The molecule has 134 valence electrons. The fourth-order valence-electron chi connectivity index (χ4n) is 2.21. The van der Waals surface area contributed by atoms with Crippen molar-refractivity contribution in [2.24, 2.45) is 5.16 Å². The van der Waals surface area contributed by atoms with Gasteiger partial charge in [-0.1, -0.05) is 52.2 Å². The summed E-state index contributed by atoms with van der Waals surface area (Å²) in [6.45, 7) is 0. The lowest BCUT2D eigenvalue weighted by Gasteiger charge is -2.07. The molecule has 3 aromatic rings. The molecule has 0 aliphatic rings. The van der Waals surface area contributed by atoms with E-state index in [2.05, 4.69) is 15.3 Å². The number of alkyl halides is 3. The van der Waals surface area contributed by atoms with Crippen LogP contribution >= 0.6 is 11.6 Å². The standard InChI is InChI=1S/C17H11ClF3N3O2/c1-25-24-15(10-5-3-2-4-6-10)14-8-13(23-26-14)16-12(18)7-11(9-22-16)17(19,20)21/h2-9H,1H3/b24-15+. The minimum absolute atomic E-state index is 0.0690. The number of hydrogen-bond acceptors (Lipinski definition) is 5. The van der Waals surface area contributed by atoms with E-state index in [9.17, 15) is 13.2 Å². The molecule has 5 nitrogen and oxygen atoms in total. The predicted molar refractivity (Wildman–Crippen MR) is 88.8 cm³/mol. The summed E-state index contributed by atoms with van der Waals surface area (Å²) in [5.41, 5.74) is 0.386. The van der Waals surface area contributed by atoms with Gasteiger partial charge >= 0.3 is 6.18 Å². The SMILES string of the molecule is CO/N=C(\c1ccccc1)c1cc(-c2ncc(C(F)(F)F)cc2Cl)no1. The Labute approximate surface area is 151 Å². The number of nitrogens with zero attached hydrogens (tertiary/aromatic N) is 3. The minimum Gasteiger partial charge on any atom is -0.399 e. The molecule has 0 saturated carbocycles. The zero-order valence-electron chi connectivity index (χ0n) is 13.3. The molecule has 0 atom stereocenters. The highest BCUT2D eigenvalue weighted by atomic mass is 35.5. The second-order valence-corrected chi connectivity index (χ2v) is 5.52. The Kier molecular flexibility index (Phi) is 4.94.